The molecule has 0 spiro atoms. The molecule has 1 N–H and O–H groups in total. The Kier molecular flexibility index (Phi) is 5.93. The average molecular weight is 258 g/mol. The van der Waals surface area contributed by atoms with Crippen LogP contribution in [0.2, 0.25) is 5.02 Å². The van der Waals surface area contributed by atoms with Gasteiger partial charge in [0.05, 0.1) is 0 Å². The standard InChI is InChI=1S/C14H21ClFN/c1-4-10(5-2)14(17-3)8-11-6-7-12(15)9-13(11)16/h6-7,9-10,14,17H,4-5,8H2,1-3H3. The van der Waals surface area contributed by atoms with Crippen molar-refractivity contribution in [3.63, 3.8) is 0 Å². The van der Waals surface area contributed by atoms with Crippen molar-refractivity contribution in [2.24, 2.45) is 5.92 Å². The molecule has 0 aliphatic carbocycles. The van der Waals surface area contributed by atoms with Gasteiger partial charge >= 0.3 is 0 Å². The SMILES string of the molecule is CCC(CC)C(Cc1ccc(Cl)cc1F)NC. The smallest absolute Gasteiger partial charge is 0.127 e. The maximum atomic E-state index is 13.7. The van der Waals surface area contributed by atoms with E-state index in [0.717, 1.165) is 18.4 Å². The van der Waals surface area contributed by atoms with E-state index in [2.05, 4.69) is 19.2 Å². The molecule has 0 saturated heterocycles. The van der Waals surface area contributed by atoms with Crippen LogP contribution < -0.4 is 5.32 Å². The molecule has 0 heterocycles. The van der Waals surface area contributed by atoms with Crippen LogP contribution in [0.1, 0.15) is 32.3 Å². The first-order chi connectivity index (χ1) is 8.12. The van der Waals surface area contributed by atoms with Crippen LogP contribution in [0.4, 0.5) is 4.39 Å². The van der Waals surface area contributed by atoms with Crippen LogP contribution in [0, 0.1) is 11.7 Å². The van der Waals surface area contributed by atoms with Gasteiger partial charge in [-0.05, 0) is 37.1 Å². The largest absolute Gasteiger partial charge is 0.316 e. The van der Waals surface area contributed by atoms with Gasteiger partial charge in [0.1, 0.15) is 5.82 Å². The second-order valence-corrected chi connectivity index (χ2v) is 4.85. The van der Waals surface area contributed by atoms with Gasteiger partial charge in [-0.15, -0.1) is 0 Å². The third kappa shape index (κ3) is 3.97. The van der Waals surface area contributed by atoms with Crippen molar-refractivity contribution in [1.82, 2.24) is 5.32 Å². The topological polar surface area (TPSA) is 12.0 Å². The highest BCUT2D eigenvalue weighted by Gasteiger charge is 2.18. The molecule has 1 aromatic rings. The van der Waals surface area contributed by atoms with Gasteiger partial charge in [-0.25, -0.2) is 4.39 Å². The van der Waals surface area contributed by atoms with Crippen LogP contribution in [0.15, 0.2) is 18.2 Å². The Labute approximate surface area is 108 Å². The normalized spacial score (nSPS) is 13.1. The average Bonchev–Trinajstić information content (AvgIpc) is 2.32. The zero-order valence-corrected chi connectivity index (χ0v) is 11.5. The highest BCUT2D eigenvalue weighted by Crippen LogP contribution is 2.20. The van der Waals surface area contributed by atoms with E-state index in [1.54, 1.807) is 12.1 Å². The van der Waals surface area contributed by atoms with Crippen molar-refractivity contribution in [2.75, 3.05) is 7.05 Å². The molecule has 0 amide bonds. The van der Waals surface area contributed by atoms with E-state index >= 15 is 0 Å². The van der Waals surface area contributed by atoms with Crippen molar-refractivity contribution in [3.05, 3.63) is 34.6 Å². The highest BCUT2D eigenvalue weighted by atomic mass is 35.5. The molecule has 0 bridgehead atoms. The summed E-state index contributed by atoms with van der Waals surface area (Å²) in [5.41, 5.74) is 0.737. The maximum Gasteiger partial charge on any atom is 0.127 e. The Morgan fingerprint density at radius 1 is 1.29 bits per heavy atom. The molecule has 3 heteroatoms. The molecule has 1 unspecified atom stereocenters. The van der Waals surface area contributed by atoms with Gasteiger partial charge < -0.3 is 5.32 Å². The summed E-state index contributed by atoms with van der Waals surface area (Å²) in [4.78, 5) is 0. The summed E-state index contributed by atoms with van der Waals surface area (Å²) >= 11 is 5.75. The minimum absolute atomic E-state index is 0.205. The fourth-order valence-corrected chi connectivity index (χ4v) is 2.45. The van der Waals surface area contributed by atoms with Gasteiger partial charge in [0.25, 0.3) is 0 Å². The van der Waals surface area contributed by atoms with Crippen LogP contribution in [-0.4, -0.2) is 13.1 Å². The van der Waals surface area contributed by atoms with Crippen molar-refractivity contribution >= 4 is 11.6 Å². The molecule has 1 rings (SSSR count). The first-order valence-corrected chi connectivity index (χ1v) is 6.61. The number of likely N-dealkylation sites (N-methyl/N-ethyl adjacent to an activating group) is 1. The number of hydrogen-bond donors (Lipinski definition) is 1. The molecule has 1 atom stereocenters. The number of benzene rings is 1. The van der Waals surface area contributed by atoms with Gasteiger partial charge in [-0.1, -0.05) is 44.4 Å². The van der Waals surface area contributed by atoms with E-state index in [1.807, 2.05) is 7.05 Å². The maximum absolute atomic E-state index is 13.7. The van der Waals surface area contributed by atoms with Crippen LogP contribution >= 0.6 is 11.6 Å². The minimum atomic E-state index is -0.205. The van der Waals surface area contributed by atoms with Crippen LogP contribution in [0.25, 0.3) is 0 Å². The fourth-order valence-electron chi connectivity index (χ4n) is 2.29. The lowest BCUT2D eigenvalue weighted by Gasteiger charge is -2.25. The predicted octanol–water partition coefficient (Wildman–Crippen LogP) is 4.05. The summed E-state index contributed by atoms with van der Waals surface area (Å²) in [5.74, 6) is 0.374. The van der Waals surface area contributed by atoms with E-state index < -0.39 is 0 Å². The number of hydrogen-bond acceptors (Lipinski definition) is 1. The minimum Gasteiger partial charge on any atom is -0.316 e. The summed E-state index contributed by atoms with van der Waals surface area (Å²) in [6, 6.07) is 5.24. The summed E-state index contributed by atoms with van der Waals surface area (Å²) in [5, 5.41) is 3.75. The van der Waals surface area contributed by atoms with Crippen LogP contribution in [-0.2, 0) is 6.42 Å². The lowest BCUT2D eigenvalue weighted by molar-refractivity contribution is 0.346. The van der Waals surface area contributed by atoms with Gasteiger partial charge in [0.15, 0.2) is 0 Å². The number of rotatable bonds is 6. The third-order valence-corrected chi connectivity index (χ3v) is 3.68. The zero-order valence-electron chi connectivity index (χ0n) is 10.8. The van der Waals surface area contributed by atoms with Crippen molar-refractivity contribution in [2.45, 2.75) is 39.2 Å². The molecule has 1 nitrogen and oxygen atoms in total. The molecule has 0 aliphatic rings. The van der Waals surface area contributed by atoms with Gasteiger partial charge in [-0.3, -0.25) is 0 Å². The van der Waals surface area contributed by atoms with Crippen molar-refractivity contribution < 1.29 is 4.39 Å². The lowest BCUT2D eigenvalue weighted by atomic mass is 9.89. The Hall–Kier alpha value is -0.600. The van der Waals surface area contributed by atoms with E-state index in [4.69, 9.17) is 11.6 Å². The van der Waals surface area contributed by atoms with E-state index in [1.165, 1.54) is 6.07 Å². The molecule has 96 valence electrons. The molecule has 1 aromatic carbocycles. The number of nitrogens with one attached hydrogen (secondary N) is 1. The quantitative estimate of drug-likeness (QED) is 0.811. The molecular weight excluding hydrogens is 237 g/mol. The van der Waals surface area contributed by atoms with Gasteiger partial charge in [-0.2, -0.15) is 0 Å². The van der Waals surface area contributed by atoms with Crippen molar-refractivity contribution in [3.8, 4) is 0 Å². The molecule has 0 aromatic heterocycles. The second-order valence-electron chi connectivity index (χ2n) is 4.41. The van der Waals surface area contributed by atoms with Gasteiger partial charge in [0, 0.05) is 11.1 Å². The monoisotopic (exact) mass is 257 g/mol. The molecule has 0 saturated carbocycles. The van der Waals surface area contributed by atoms with E-state index in [0.29, 0.717) is 23.4 Å². The Morgan fingerprint density at radius 3 is 2.41 bits per heavy atom. The van der Waals surface area contributed by atoms with E-state index in [-0.39, 0.29) is 5.82 Å². The molecule has 0 fully saturated rings. The molecular formula is C14H21ClFN. The summed E-state index contributed by atoms with van der Waals surface area (Å²) < 4.78 is 13.7. The highest BCUT2D eigenvalue weighted by molar-refractivity contribution is 6.30. The predicted molar refractivity (Wildman–Crippen MR) is 72.0 cm³/mol. The first-order valence-electron chi connectivity index (χ1n) is 6.23. The fraction of sp³-hybridized carbons (Fsp3) is 0.571. The number of halogens is 2. The lowest BCUT2D eigenvalue weighted by Crippen LogP contribution is -2.35. The van der Waals surface area contributed by atoms with Crippen LogP contribution in [0.5, 0.6) is 0 Å². The van der Waals surface area contributed by atoms with Crippen LogP contribution in [0.3, 0.4) is 0 Å². The summed E-state index contributed by atoms with van der Waals surface area (Å²) in [7, 11) is 1.94. The summed E-state index contributed by atoms with van der Waals surface area (Å²) in [6.07, 6.45) is 2.93. The summed E-state index contributed by atoms with van der Waals surface area (Å²) in [6.45, 7) is 4.35. The molecule has 17 heavy (non-hydrogen) atoms. The van der Waals surface area contributed by atoms with Crippen molar-refractivity contribution in [1.29, 1.82) is 0 Å². The Bertz CT molecular complexity index is 350. The Morgan fingerprint density at radius 2 is 1.94 bits per heavy atom. The first kappa shape index (κ1) is 14.5. The second kappa shape index (κ2) is 6.97. The zero-order chi connectivity index (χ0) is 12.8. The van der Waals surface area contributed by atoms with E-state index in [9.17, 15) is 4.39 Å². The Balaban J connectivity index is 2.80. The third-order valence-electron chi connectivity index (χ3n) is 3.44. The van der Waals surface area contributed by atoms with Gasteiger partial charge in [0.2, 0.25) is 0 Å². The molecule has 0 radical (unpaired) electrons. The molecule has 0 aliphatic heterocycles.